The van der Waals surface area contributed by atoms with Gasteiger partial charge in [0.15, 0.2) is 0 Å². The molecule has 0 heterocycles. The zero-order chi connectivity index (χ0) is 14.0. The Bertz CT molecular complexity index is 267. The maximum Gasteiger partial charge on any atom is 0.314 e. The number of hydrogen-bond donors (Lipinski definition) is 3. The van der Waals surface area contributed by atoms with Crippen LogP contribution in [0.3, 0.4) is 0 Å². The molecule has 0 saturated carbocycles. The van der Waals surface area contributed by atoms with E-state index in [0.29, 0.717) is 32.5 Å². The van der Waals surface area contributed by atoms with Crippen LogP contribution in [-0.4, -0.2) is 42.4 Å². The minimum atomic E-state index is -0.807. The van der Waals surface area contributed by atoms with Crippen LogP contribution >= 0.6 is 0 Å². The summed E-state index contributed by atoms with van der Waals surface area (Å²) in [5, 5.41) is 13.8. The first-order chi connectivity index (χ1) is 8.37. The van der Waals surface area contributed by atoms with Crippen molar-refractivity contribution in [2.45, 2.75) is 45.6 Å². The molecule has 0 bridgehead atoms. The van der Waals surface area contributed by atoms with E-state index in [-0.39, 0.29) is 18.1 Å². The van der Waals surface area contributed by atoms with Crippen LogP contribution in [-0.2, 0) is 9.53 Å². The van der Waals surface area contributed by atoms with Crippen molar-refractivity contribution in [3.63, 3.8) is 0 Å². The molecule has 0 aliphatic carbocycles. The lowest BCUT2D eigenvalue weighted by Gasteiger charge is -2.24. The first kappa shape index (κ1) is 16.7. The zero-order valence-corrected chi connectivity index (χ0v) is 11.4. The highest BCUT2D eigenvalue weighted by atomic mass is 16.5. The van der Waals surface area contributed by atoms with Gasteiger partial charge in [0, 0.05) is 26.1 Å². The van der Waals surface area contributed by atoms with Gasteiger partial charge in [-0.2, -0.15) is 0 Å². The standard InChI is InChI=1S/C12H24N2O4/c1-4-18-12(2,3)9-14-11(17)13-8-6-5-7-10(15)16/h4-9H2,1-3H3,(H,15,16)(H2,13,14,17). The molecule has 0 saturated heterocycles. The molecule has 0 rings (SSSR count). The fourth-order valence-corrected chi connectivity index (χ4v) is 1.40. The van der Waals surface area contributed by atoms with Crippen molar-refractivity contribution in [3.05, 3.63) is 0 Å². The van der Waals surface area contributed by atoms with Gasteiger partial charge in [-0.15, -0.1) is 0 Å². The van der Waals surface area contributed by atoms with E-state index in [1.54, 1.807) is 0 Å². The van der Waals surface area contributed by atoms with Crippen LogP contribution in [0.4, 0.5) is 4.79 Å². The number of aliphatic carboxylic acids is 1. The average Bonchev–Trinajstić information content (AvgIpc) is 2.25. The maximum absolute atomic E-state index is 11.4. The molecule has 0 atom stereocenters. The molecule has 3 N–H and O–H groups in total. The second kappa shape index (κ2) is 8.74. The highest BCUT2D eigenvalue weighted by Gasteiger charge is 2.18. The van der Waals surface area contributed by atoms with E-state index < -0.39 is 5.97 Å². The van der Waals surface area contributed by atoms with E-state index in [4.69, 9.17) is 9.84 Å². The summed E-state index contributed by atoms with van der Waals surface area (Å²) in [5.41, 5.74) is -0.380. The lowest BCUT2D eigenvalue weighted by molar-refractivity contribution is -0.137. The third kappa shape index (κ3) is 9.89. The molecule has 0 fully saturated rings. The Balaban J connectivity index is 3.57. The number of unbranched alkanes of at least 4 members (excludes halogenated alkanes) is 1. The summed E-state index contributed by atoms with van der Waals surface area (Å²) < 4.78 is 5.44. The lowest BCUT2D eigenvalue weighted by Crippen LogP contribution is -2.44. The summed E-state index contributed by atoms with van der Waals surface area (Å²) in [4.78, 5) is 21.7. The normalized spacial score (nSPS) is 11.1. The summed E-state index contributed by atoms with van der Waals surface area (Å²) in [6.45, 7) is 7.24. The minimum absolute atomic E-state index is 0.140. The van der Waals surface area contributed by atoms with Gasteiger partial charge in [0.2, 0.25) is 0 Å². The monoisotopic (exact) mass is 260 g/mol. The molecule has 0 aromatic heterocycles. The van der Waals surface area contributed by atoms with Crippen LogP contribution in [0.25, 0.3) is 0 Å². The van der Waals surface area contributed by atoms with Gasteiger partial charge < -0.3 is 20.5 Å². The lowest BCUT2D eigenvalue weighted by atomic mass is 10.1. The molecule has 2 amide bonds. The highest BCUT2D eigenvalue weighted by molar-refractivity contribution is 5.73. The van der Waals surface area contributed by atoms with Crippen molar-refractivity contribution < 1.29 is 19.4 Å². The van der Waals surface area contributed by atoms with Crippen molar-refractivity contribution in [1.82, 2.24) is 10.6 Å². The van der Waals surface area contributed by atoms with E-state index in [1.165, 1.54) is 0 Å². The molecule has 0 aliphatic rings. The Hall–Kier alpha value is -1.30. The van der Waals surface area contributed by atoms with E-state index >= 15 is 0 Å². The van der Waals surface area contributed by atoms with E-state index in [1.807, 2.05) is 20.8 Å². The van der Waals surface area contributed by atoms with Gasteiger partial charge >= 0.3 is 12.0 Å². The number of hydrogen-bond acceptors (Lipinski definition) is 3. The van der Waals surface area contributed by atoms with Crippen LogP contribution in [0, 0.1) is 0 Å². The van der Waals surface area contributed by atoms with Gasteiger partial charge in [0.25, 0.3) is 0 Å². The Labute approximate surface area is 108 Å². The van der Waals surface area contributed by atoms with Gasteiger partial charge in [-0.3, -0.25) is 4.79 Å². The zero-order valence-electron chi connectivity index (χ0n) is 11.4. The SMILES string of the molecule is CCOC(C)(C)CNC(=O)NCCCCC(=O)O. The fraction of sp³-hybridized carbons (Fsp3) is 0.833. The van der Waals surface area contributed by atoms with Gasteiger partial charge in [0.1, 0.15) is 0 Å². The van der Waals surface area contributed by atoms with Gasteiger partial charge in [-0.1, -0.05) is 0 Å². The van der Waals surface area contributed by atoms with Crippen molar-refractivity contribution in [2.75, 3.05) is 19.7 Å². The molecule has 0 unspecified atom stereocenters. The van der Waals surface area contributed by atoms with Crippen molar-refractivity contribution in [2.24, 2.45) is 0 Å². The quantitative estimate of drug-likeness (QED) is 0.546. The van der Waals surface area contributed by atoms with Crippen LogP contribution in [0.15, 0.2) is 0 Å². The van der Waals surface area contributed by atoms with Gasteiger partial charge in [0.05, 0.1) is 5.60 Å². The maximum atomic E-state index is 11.4. The average molecular weight is 260 g/mol. The number of carbonyl (C=O) groups is 2. The molecule has 18 heavy (non-hydrogen) atoms. The third-order valence-electron chi connectivity index (χ3n) is 2.31. The Morgan fingerprint density at radius 3 is 2.44 bits per heavy atom. The largest absolute Gasteiger partial charge is 0.481 e. The van der Waals surface area contributed by atoms with Crippen LogP contribution in [0.1, 0.15) is 40.0 Å². The molecule has 0 aromatic carbocycles. The first-order valence-electron chi connectivity index (χ1n) is 6.25. The van der Waals surface area contributed by atoms with Gasteiger partial charge in [-0.25, -0.2) is 4.79 Å². The van der Waals surface area contributed by atoms with E-state index in [2.05, 4.69) is 10.6 Å². The second-order valence-corrected chi connectivity index (χ2v) is 4.65. The topological polar surface area (TPSA) is 87.7 Å². The molecule has 106 valence electrons. The third-order valence-corrected chi connectivity index (χ3v) is 2.31. The van der Waals surface area contributed by atoms with Crippen molar-refractivity contribution in [3.8, 4) is 0 Å². The molecular formula is C12H24N2O4. The van der Waals surface area contributed by atoms with Crippen molar-refractivity contribution >= 4 is 12.0 Å². The predicted molar refractivity (Wildman–Crippen MR) is 68.6 cm³/mol. The first-order valence-corrected chi connectivity index (χ1v) is 6.25. The number of urea groups is 1. The van der Waals surface area contributed by atoms with Crippen LogP contribution in [0.5, 0.6) is 0 Å². The minimum Gasteiger partial charge on any atom is -0.481 e. The Kier molecular flexibility index (Phi) is 8.11. The second-order valence-electron chi connectivity index (χ2n) is 4.65. The molecule has 6 nitrogen and oxygen atoms in total. The fourth-order valence-electron chi connectivity index (χ4n) is 1.40. The summed E-state index contributed by atoms with van der Waals surface area (Å²) >= 11 is 0. The molecule has 0 aromatic rings. The summed E-state index contributed by atoms with van der Waals surface area (Å²) in [6, 6.07) is -0.252. The predicted octanol–water partition coefficient (Wildman–Crippen LogP) is 1.36. The Morgan fingerprint density at radius 1 is 1.22 bits per heavy atom. The van der Waals surface area contributed by atoms with E-state index in [0.717, 1.165) is 0 Å². The molecular weight excluding hydrogens is 236 g/mol. The van der Waals surface area contributed by atoms with Crippen molar-refractivity contribution in [1.29, 1.82) is 0 Å². The number of ether oxygens (including phenoxy) is 1. The number of rotatable bonds is 9. The molecule has 6 heteroatoms. The number of amides is 2. The van der Waals surface area contributed by atoms with Gasteiger partial charge in [-0.05, 0) is 33.6 Å². The number of carbonyl (C=O) groups excluding carboxylic acids is 1. The highest BCUT2D eigenvalue weighted by Crippen LogP contribution is 2.06. The summed E-state index contributed by atoms with van der Waals surface area (Å²) in [5.74, 6) is -0.807. The number of nitrogens with one attached hydrogen (secondary N) is 2. The smallest absolute Gasteiger partial charge is 0.314 e. The summed E-state index contributed by atoms with van der Waals surface area (Å²) in [6.07, 6.45) is 1.37. The van der Waals surface area contributed by atoms with Crippen LogP contribution < -0.4 is 10.6 Å². The summed E-state index contributed by atoms with van der Waals surface area (Å²) in [7, 11) is 0. The molecule has 0 aliphatic heterocycles. The number of carboxylic acid groups (broad SMARTS) is 1. The van der Waals surface area contributed by atoms with E-state index in [9.17, 15) is 9.59 Å². The Morgan fingerprint density at radius 2 is 1.89 bits per heavy atom. The molecule has 0 radical (unpaired) electrons. The number of carboxylic acids is 1. The molecule has 0 spiro atoms. The van der Waals surface area contributed by atoms with Crippen LogP contribution in [0.2, 0.25) is 0 Å².